The van der Waals surface area contributed by atoms with Crippen LogP contribution in [0.15, 0.2) is 41.8 Å². The fourth-order valence-corrected chi connectivity index (χ4v) is 4.62. The average molecular weight is 334 g/mol. The van der Waals surface area contributed by atoms with Crippen LogP contribution in [0.2, 0.25) is 0 Å². The number of ether oxygens (including phenoxy) is 1. The van der Waals surface area contributed by atoms with Gasteiger partial charge in [0.2, 0.25) is 0 Å². The first-order chi connectivity index (χ1) is 10.8. The number of anilines is 1. The molecule has 1 aliphatic rings. The molecule has 0 saturated carbocycles. The molecule has 1 aromatic heterocycles. The number of thiophene rings is 1. The lowest BCUT2D eigenvalue weighted by Crippen LogP contribution is -2.34. The van der Waals surface area contributed by atoms with E-state index in [1.54, 1.807) is 23.1 Å². The number of carbonyl (C=O) groups is 1. The highest BCUT2D eigenvalue weighted by atomic mass is 32.2. The van der Waals surface area contributed by atoms with Gasteiger partial charge in [-0.2, -0.15) is 0 Å². The van der Waals surface area contributed by atoms with Crippen LogP contribution in [-0.2, 0) is 0 Å². The largest absolute Gasteiger partial charge is 0.492 e. The highest BCUT2D eigenvalue weighted by Gasteiger charge is 2.31. The molecule has 22 heavy (non-hydrogen) atoms. The van der Waals surface area contributed by atoms with Crippen LogP contribution < -0.4 is 10.1 Å². The summed E-state index contributed by atoms with van der Waals surface area (Å²) >= 11 is 3.50. The van der Waals surface area contributed by atoms with E-state index in [9.17, 15) is 4.79 Å². The fourth-order valence-electron chi connectivity index (χ4n) is 2.38. The first kappa shape index (κ1) is 15.2. The monoisotopic (exact) mass is 334 g/mol. The molecule has 2 amide bonds. The van der Waals surface area contributed by atoms with Crippen molar-refractivity contribution in [3.05, 3.63) is 46.7 Å². The zero-order chi connectivity index (χ0) is 15.4. The van der Waals surface area contributed by atoms with Crippen LogP contribution in [0, 0.1) is 0 Å². The summed E-state index contributed by atoms with van der Waals surface area (Å²) in [6, 6.07) is 11.6. The van der Waals surface area contributed by atoms with Crippen molar-refractivity contribution < 1.29 is 9.53 Å². The van der Waals surface area contributed by atoms with Crippen LogP contribution in [0.4, 0.5) is 10.5 Å². The summed E-state index contributed by atoms with van der Waals surface area (Å²) in [4.78, 5) is 15.7. The number of nitrogens with zero attached hydrogens (tertiary/aromatic N) is 1. The van der Waals surface area contributed by atoms with Gasteiger partial charge >= 0.3 is 6.03 Å². The summed E-state index contributed by atoms with van der Waals surface area (Å²) in [5.74, 6) is 1.67. The minimum absolute atomic E-state index is 0.0736. The van der Waals surface area contributed by atoms with Crippen LogP contribution in [0.1, 0.15) is 17.2 Å². The Bertz CT molecular complexity index is 631. The third-order valence-corrected chi connectivity index (χ3v) is 5.68. The number of benzene rings is 1. The van der Waals surface area contributed by atoms with Crippen LogP contribution >= 0.6 is 23.1 Å². The van der Waals surface area contributed by atoms with Gasteiger partial charge in [0.25, 0.3) is 0 Å². The number of thioether (sulfide) groups is 1. The molecule has 1 fully saturated rings. The van der Waals surface area contributed by atoms with Crippen LogP contribution in [0.5, 0.6) is 5.75 Å². The molecule has 4 nitrogen and oxygen atoms in total. The van der Waals surface area contributed by atoms with Crippen molar-refractivity contribution >= 4 is 34.8 Å². The van der Waals surface area contributed by atoms with E-state index in [-0.39, 0.29) is 11.4 Å². The molecule has 1 saturated heterocycles. The van der Waals surface area contributed by atoms with E-state index in [0.29, 0.717) is 12.4 Å². The van der Waals surface area contributed by atoms with Crippen molar-refractivity contribution in [2.45, 2.75) is 12.3 Å². The van der Waals surface area contributed by atoms with Gasteiger partial charge in [0.1, 0.15) is 11.1 Å². The number of para-hydroxylation sites is 2. The zero-order valence-corrected chi connectivity index (χ0v) is 14.0. The quantitative estimate of drug-likeness (QED) is 0.899. The highest BCUT2D eigenvalue weighted by molar-refractivity contribution is 7.99. The number of hydrogen-bond donors (Lipinski definition) is 1. The maximum atomic E-state index is 12.6. The average Bonchev–Trinajstić information content (AvgIpc) is 3.20. The van der Waals surface area contributed by atoms with Gasteiger partial charge in [-0.3, -0.25) is 0 Å². The third-order valence-electron chi connectivity index (χ3n) is 3.37. The summed E-state index contributed by atoms with van der Waals surface area (Å²) < 4.78 is 5.56. The molecule has 116 valence electrons. The molecule has 2 aromatic rings. The van der Waals surface area contributed by atoms with E-state index in [1.165, 1.54) is 4.88 Å². The van der Waals surface area contributed by atoms with Crippen LogP contribution in [0.25, 0.3) is 0 Å². The summed E-state index contributed by atoms with van der Waals surface area (Å²) in [6.45, 7) is 3.27. The fraction of sp³-hybridized carbons (Fsp3) is 0.312. The molecule has 1 atom stereocenters. The van der Waals surface area contributed by atoms with Crippen molar-refractivity contribution in [1.29, 1.82) is 0 Å². The van der Waals surface area contributed by atoms with E-state index in [2.05, 4.69) is 16.8 Å². The smallest absolute Gasteiger partial charge is 0.323 e. The number of hydrogen-bond acceptors (Lipinski definition) is 4. The number of urea groups is 1. The molecular formula is C16H18N2O2S2. The Kier molecular flexibility index (Phi) is 4.90. The van der Waals surface area contributed by atoms with Crippen molar-refractivity contribution in [2.75, 3.05) is 24.2 Å². The second kappa shape index (κ2) is 7.07. The van der Waals surface area contributed by atoms with Gasteiger partial charge in [-0.05, 0) is 30.5 Å². The predicted octanol–water partition coefficient (Wildman–Crippen LogP) is 4.43. The maximum absolute atomic E-state index is 12.6. The van der Waals surface area contributed by atoms with E-state index in [0.717, 1.165) is 18.0 Å². The summed E-state index contributed by atoms with van der Waals surface area (Å²) in [5.41, 5.74) is 0.719. The Balaban J connectivity index is 1.74. The van der Waals surface area contributed by atoms with Gasteiger partial charge in [-0.1, -0.05) is 18.2 Å². The Morgan fingerprint density at radius 3 is 3.00 bits per heavy atom. The Morgan fingerprint density at radius 2 is 2.23 bits per heavy atom. The van der Waals surface area contributed by atoms with Crippen molar-refractivity contribution in [2.24, 2.45) is 0 Å². The number of amides is 2. The summed E-state index contributed by atoms with van der Waals surface area (Å²) in [7, 11) is 0. The molecule has 1 aliphatic heterocycles. The van der Waals surface area contributed by atoms with Gasteiger partial charge in [0.15, 0.2) is 0 Å². The first-order valence-electron chi connectivity index (χ1n) is 7.24. The molecule has 6 heteroatoms. The van der Waals surface area contributed by atoms with Gasteiger partial charge in [-0.25, -0.2) is 4.79 Å². The van der Waals surface area contributed by atoms with E-state index < -0.39 is 0 Å². The van der Waals surface area contributed by atoms with Gasteiger partial charge in [0, 0.05) is 17.2 Å². The standard InChI is InChI=1S/C16H18N2O2S2/c1-2-20-13-7-4-3-6-12(13)17-16(19)18-9-11-22-15(18)14-8-5-10-21-14/h3-8,10,15H,2,9,11H2,1H3,(H,17,19). The first-order valence-corrected chi connectivity index (χ1v) is 9.17. The normalized spacial score (nSPS) is 17.5. The Morgan fingerprint density at radius 1 is 1.36 bits per heavy atom. The van der Waals surface area contributed by atoms with Crippen LogP contribution in [-0.4, -0.2) is 29.8 Å². The molecular weight excluding hydrogens is 316 g/mol. The van der Waals surface area contributed by atoms with E-state index >= 15 is 0 Å². The van der Waals surface area contributed by atoms with Crippen molar-refractivity contribution in [1.82, 2.24) is 4.90 Å². The summed E-state index contributed by atoms with van der Waals surface area (Å²) in [5, 5.41) is 5.14. The molecule has 2 heterocycles. The van der Waals surface area contributed by atoms with Gasteiger partial charge < -0.3 is 15.0 Å². The zero-order valence-electron chi connectivity index (χ0n) is 12.3. The minimum Gasteiger partial charge on any atom is -0.492 e. The molecule has 3 rings (SSSR count). The maximum Gasteiger partial charge on any atom is 0.323 e. The van der Waals surface area contributed by atoms with Gasteiger partial charge in [0.05, 0.1) is 12.3 Å². The third kappa shape index (κ3) is 3.23. The van der Waals surface area contributed by atoms with Crippen molar-refractivity contribution in [3.8, 4) is 5.75 Å². The van der Waals surface area contributed by atoms with E-state index in [1.807, 2.05) is 42.2 Å². The molecule has 0 aliphatic carbocycles. The SMILES string of the molecule is CCOc1ccccc1NC(=O)N1CCSC1c1cccs1. The highest BCUT2D eigenvalue weighted by Crippen LogP contribution is 2.40. The predicted molar refractivity (Wildman–Crippen MR) is 92.9 cm³/mol. The molecule has 1 N–H and O–H groups in total. The summed E-state index contributed by atoms with van der Waals surface area (Å²) in [6.07, 6.45) is 0. The van der Waals surface area contributed by atoms with E-state index in [4.69, 9.17) is 4.74 Å². The van der Waals surface area contributed by atoms with Crippen LogP contribution in [0.3, 0.4) is 0 Å². The lowest BCUT2D eigenvalue weighted by atomic mass is 10.3. The molecule has 1 unspecified atom stereocenters. The van der Waals surface area contributed by atoms with Crippen molar-refractivity contribution in [3.63, 3.8) is 0 Å². The second-order valence-electron chi connectivity index (χ2n) is 4.79. The number of carbonyl (C=O) groups excluding carboxylic acids is 1. The second-order valence-corrected chi connectivity index (χ2v) is 6.96. The lowest BCUT2D eigenvalue weighted by molar-refractivity contribution is 0.214. The molecule has 0 bridgehead atoms. The minimum atomic E-state index is -0.0736. The Labute approximate surface area is 138 Å². The van der Waals surface area contributed by atoms with Gasteiger partial charge in [-0.15, -0.1) is 23.1 Å². The lowest BCUT2D eigenvalue weighted by Gasteiger charge is -2.23. The number of rotatable bonds is 4. The number of nitrogens with one attached hydrogen (secondary N) is 1. The molecule has 0 radical (unpaired) electrons. The molecule has 0 spiro atoms. The molecule has 1 aromatic carbocycles. The Hall–Kier alpha value is -1.66. The topological polar surface area (TPSA) is 41.6 Å².